The number of allylic oxidation sites excluding steroid dienone is 2. The summed E-state index contributed by atoms with van der Waals surface area (Å²) in [5.74, 6) is 0.348. The van der Waals surface area contributed by atoms with Gasteiger partial charge in [-0.3, -0.25) is 0 Å². The molecule has 2 aliphatic rings. The van der Waals surface area contributed by atoms with E-state index in [1.54, 1.807) is 0 Å². The van der Waals surface area contributed by atoms with Crippen molar-refractivity contribution in [2.75, 3.05) is 0 Å². The van der Waals surface area contributed by atoms with E-state index in [9.17, 15) is 8.42 Å². The standard InChI is InChI=1S/C8H10O3S/c1-5-3-7-6(2)11-12(9,10)8(7)4-5/h7-8H,1-4H2. The van der Waals surface area contributed by atoms with Gasteiger partial charge in [0.15, 0.2) is 0 Å². The normalized spacial score (nSPS) is 38.0. The van der Waals surface area contributed by atoms with Gasteiger partial charge in [0.2, 0.25) is 0 Å². The van der Waals surface area contributed by atoms with Crippen molar-refractivity contribution in [1.82, 2.24) is 0 Å². The Labute approximate surface area is 71.9 Å². The molecule has 2 unspecified atom stereocenters. The molecule has 0 bridgehead atoms. The first-order chi connectivity index (χ1) is 5.50. The van der Waals surface area contributed by atoms with Gasteiger partial charge >= 0.3 is 10.1 Å². The Bertz CT molecular complexity index is 352. The van der Waals surface area contributed by atoms with Crippen LogP contribution in [-0.2, 0) is 14.3 Å². The first-order valence-corrected chi connectivity index (χ1v) is 5.26. The van der Waals surface area contributed by atoms with Crippen LogP contribution in [0.4, 0.5) is 0 Å². The lowest BCUT2D eigenvalue weighted by atomic mass is 10.1. The van der Waals surface area contributed by atoms with Gasteiger partial charge in [0.1, 0.15) is 11.0 Å². The van der Waals surface area contributed by atoms with Crippen LogP contribution in [-0.4, -0.2) is 13.7 Å². The molecule has 2 atom stereocenters. The Morgan fingerprint density at radius 1 is 1.33 bits per heavy atom. The second-order valence-electron chi connectivity index (χ2n) is 3.35. The molecule has 2 fully saturated rings. The van der Waals surface area contributed by atoms with E-state index >= 15 is 0 Å². The van der Waals surface area contributed by atoms with Crippen LogP contribution in [0.2, 0.25) is 0 Å². The van der Waals surface area contributed by atoms with Crippen molar-refractivity contribution in [3.8, 4) is 0 Å². The molecule has 3 nitrogen and oxygen atoms in total. The van der Waals surface area contributed by atoms with E-state index in [-0.39, 0.29) is 5.92 Å². The fourth-order valence-corrected chi connectivity index (χ4v) is 3.49. The number of hydrogen-bond acceptors (Lipinski definition) is 3. The molecule has 1 aliphatic heterocycles. The summed E-state index contributed by atoms with van der Waals surface area (Å²) in [6, 6.07) is 0. The second-order valence-corrected chi connectivity index (χ2v) is 5.10. The van der Waals surface area contributed by atoms with E-state index in [1.807, 2.05) is 0 Å². The summed E-state index contributed by atoms with van der Waals surface area (Å²) in [6.07, 6.45) is 1.24. The van der Waals surface area contributed by atoms with E-state index in [0.29, 0.717) is 18.6 Å². The maximum atomic E-state index is 11.3. The van der Waals surface area contributed by atoms with Crippen molar-refractivity contribution in [3.63, 3.8) is 0 Å². The Kier molecular flexibility index (Phi) is 1.39. The SMILES string of the molecule is C=C1CC2C(=C)OS(=O)(=O)C2C1. The first-order valence-electron chi connectivity index (χ1n) is 3.79. The molecule has 1 aliphatic carbocycles. The summed E-state index contributed by atoms with van der Waals surface area (Å²) in [5.41, 5.74) is 0.984. The van der Waals surface area contributed by atoms with Crippen LogP contribution in [0.5, 0.6) is 0 Å². The first kappa shape index (κ1) is 7.86. The highest BCUT2D eigenvalue weighted by Crippen LogP contribution is 2.45. The molecule has 0 aromatic carbocycles. The highest BCUT2D eigenvalue weighted by atomic mass is 32.2. The van der Waals surface area contributed by atoms with Crippen molar-refractivity contribution in [2.45, 2.75) is 18.1 Å². The van der Waals surface area contributed by atoms with Crippen LogP contribution in [0.25, 0.3) is 0 Å². The van der Waals surface area contributed by atoms with Crippen molar-refractivity contribution >= 4 is 10.1 Å². The van der Waals surface area contributed by atoms with Gasteiger partial charge in [-0.1, -0.05) is 18.7 Å². The molecule has 12 heavy (non-hydrogen) atoms. The summed E-state index contributed by atoms with van der Waals surface area (Å²) in [7, 11) is -3.37. The molecule has 1 heterocycles. The maximum Gasteiger partial charge on any atom is 0.312 e. The molecule has 1 saturated carbocycles. The molecular formula is C8H10O3S. The molecule has 4 heteroatoms. The highest BCUT2D eigenvalue weighted by Gasteiger charge is 2.49. The fraction of sp³-hybridized carbons (Fsp3) is 0.500. The monoisotopic (exact) mass is 186 g/mol. The molecule has 0 aromatic heterocycles. The minimum absolute atomic E-state index is 0.0394. The van der Waals surface area contributed by atoms with E-state index in [1.165, 1.54) is 0 Å². The zero-order valence-electron chi connectivity index (χ0n) is 6.62. The second kappa shape index (κ2) is 2.13. The lowest BCUT2D eigenvalue weighted by Gasteiger charge is -2.00. The number of rotatable bonds is 0. The van der Waals surface area contributed by atoms with Gasteiger partial charge in [0.05, 0.1) is 0 Å². The largest absolute Gasteiger partial charge is 0.387 e. The average Bonchev–Trinajstić information content (AvgIpc) is 2.37. The molecule has 0 N–H and O–H groups in total. The van der Waals surface area contributed by atoms with Gasteiger partial charge in [-0.15, -0.1) is 0 Å². The summed E-state index contributed by atoms with van der Waals surface area (Å²) in [5, 5.41) is -0.405. The third-order valence-electron chi connectivity index (χ3n) is 2.45. The van der Waals surface area contributed by atoms with Gasteiger partial charge in [-0.25, -0.2) is 0 Å². The Morgan fingerprint density at radius 3 is 2.58 bits per heavy atom. The molecule has 0 radical (unpaired) electrons. The van der Waals surface area contributed by atoms with E-state index in [2.05, 4.69) is 13.2 Å². The number of hydrogen-bond donors (Lipinski definition) is 0. The minimum atomic E-state index is -3.37. The smallest absolute Gasteiger partial charge is 0.312 e. The lowest BCUT2D eigenvalue weighted by molar-refractivity contribution is 0.406. The minimum Gasteiger partial charge on any atom is -0.387 e. The van der Waals surface area contributed by atoms with Gasteiger partial charge in [-0.2, -0.15) is 8.42 Å². The van der Waals surface area contributed by atoms with Gasteiger partial charge < -0.3 is 4.18 Å². The maximum absolute atomic E-state index is 11.3. The van der Waals surface area contributed by atoms with Crippen LogP contribution in [0, 0.1) is 5.92 Å². The Hall–Kier alpha value is -0.770. The third kappa shape index (κ3) is 0.909. The molecule has 0 spiro atoms. The zero-order valence-corrected chi connectivity index (χ0v) is 7.43. The van der Waals surface area contributed by atoms with Gasteiger partial charge in [0.25, 0.3) is 0 Å². The molecule has 0 aromatic rings. The van der Waals surface area contributed by atoms with E-state index < -0.39 is 15.4 Å². The Morgan fingerprint density at radius 2 is 2.00 bits per heavy atom. The zero-order chi connectivity index (χ0) is 8.93. The molecule has 1 saturated heterocycles. The molecule has 2 rings (SSSR count). The summed E-state index contributed by atoms with van der Waals surface area (Å²) < 4.78 is 27.3. The van der Waals surface area contributed by atoms with Crippen LogP contribution in [0.3, 0.4) is 0 Å². The van der Waals surface area contributed by atoms with Crippen molar-refractivity contribution in [1.29, 1.82) is 0 Å². The summed E-state index contributed by atoms with van der Waals surface area (Å²) >= 11 is 0. The number of fused-ring (bicyclic) bond motifs is 1. The van der Waals surface area contributed by atoms with Crippen molar-refractivity contribution in [2.24, 2.45) is 5.92 Å². The third-order valence-corrected chi connectivity index (χ3v) is 4.14. The van der Waals surface area contributed by atoms with Crippen LogP contribution >= 0.6 is 0 Å². The molecular weight excluding hydrogens is 176 g/mol. The van der Waals surface area contributed by atoms with E-state index in [4.69, 9.17) is 4.18 Å². The lowest BCUT2D eigenvalue weighted by Crippen LogP contribution is -2.15. The topological polar surface area (TPSA) is 43.4 Å². The van der Waals surface area contributed by atoms with Gasteiger partial charge in [-0.05, 0) is 12.8 Å². The quantitative estimate of drug-likeness (QED) is 0.421. The average molecular weight is 186 g/mol. The van der Waals surface area contributed by atoms with Crippen molar-refractivity contribution in [3.05, 3.63) is 24.5 Å². The highest BCUT2D eigenvalue weighted by molar-refractivity contribution is 7.87. The summed E-state index contributed by atoms with van der Waals surface area (Å²) in [4.78, 5) is 0. The molecule has 0 amide bonds. The van der Waals surface area contributed by atoms with E-state index in [0.717, 1.165) is 5.57 Å². The predicted molar refractivity (Wildman–Crippen MR) is 44.8 cm³/mol. The van der Waals surface area contributed by atoms with Crippen molar-refractivity contribution < 1.29 is 12.6 Å². The van der Waals surface area contributed by atoms with Crippen LogP contribution in [0.1, 0.15) is 12.8 Å². The fourth-order valence-electron chi connectivity index (χ4n) is 1.85. The predicted octanol–water partition coefficient (Wildman–Crippen LogP) is 1.19. The Balaban J connectivity index is 2.43. The van der Waals surface area contributed by atoms with Crippen LogP contribution in [0.15, 0.2) is 24.5 Å². The molecule has 66 valence electrons. The summed E-state index contributed by atoms with van der Waals surface area (Å²) in [6.45, 7) is 7.36. The van der Waals surface area contributed by atoms with Gasteiger partial charge in [0, 0.05) is 5.92 Å². The van der Waals surface area contributed by atoms with Crippen LogP contribution < -0.4 is 0 Å².